The number of anilines is 1. The van der Waals surface area contributed by atoms with Crippen LogP contribution in [0.4, 0.5) is 5.69 Å². The van der Waals surface area contributed by atoms with Crippen molar-refractivity contribution in [3.63, 3.8) is 0 Å². The number of rotatable bonds is 3. The number of nitrogens with one attached hydrogen (secondary N) is 1. The van der Waals surface area contributed by atoms with Gasteiger partial charge in [-0.2, -0.15) is 0 Å². The summed E-state index contributed by atoms with van der Waals surface area (Å²) < 4.78 is 5.23. The van der Waals surface area contributed by atoms with E-state index < -0.39 is 11.9 Å². The highest BCUT2D eigenvalue weighted by molar-refractivity contribution is 9.10. The summed E-state index contributed by atoms with van der Waals surface area (Å²) in [5.74, 6) is -1.49. The molecule has 0 atom stereocenters. The number of halogens is 1. The van der Waals surface area contributed by atoms with E-state index in [1.807, 2.05) is 0 Å². The molecule has 0 fully saturated rings. The third-order valence-electron chi connectivity index (χ3n) is 1.97. The standard InChI is InChI=1S/C10H6BrNO4S/c11-8-5(1-3-16-8)9(13)12-6-2-4-17-7(6)10(14)15/h1-4H,(H,12,13)(H,14,15). The van der Waals surface area contributed by atoms with Gasteiger partial charge in [-0.3, -0.25) is 4.79 Å². The first-order valence-corrected chi connectivity index (χ1v) is 6.12. The number of furan rings is 1. The average Bonchev–Trinajstić information content (AvgIpc) is 2.86. The van der Waals surface area contributed by atoms with Crippen molar-refractivity contribution in [2.75, 3.05) is 5.32 Å². The van der Waals surface area contributed by atoms with Crippen LogP contribution in [0, 0.1) is 0 Å². The Bertz CT molecular complexity index is 574. The number of amides is 1. The van der Waals surface area contributed by atoms with Gasteiger partial charge in [-0.05, 0) is 33.4 Å². The number of carbonyl (C=O) groups excluding carboxylic acids is 1. The van der Waals surface area contributed by atoms with Gasteiger partial charge in [0.25, 0.3) is 5.91 Å². The first kappa shape index (κ1) is 11.9. The first-order chi connectivity index (χ1) is 8.09. The Kier molecular flexibility index (Phi) is 3.30. The van der Waals surface area contributed by atoms with E-state index in [4.69, 9.17) is 9.52 Å². The lowest BCUT2D eigenvalue weighted by Crippen LogP contribution is -2.13. The first-order valence-electron chi connectivity index (χ1n) is 4.44. The fourth-order valence-corrected chi connectivity index (χ4v) is 2.33. The normalized spacial score (nSPS) is 10.2. The minimum atomic E-state index is -1.07. The quantitative estimate of drug-likeness (QED) is 0.912. The summed E-state index contributed by atoms with van der Waals surface area (Å²) in [6.45, 7) is 0. The molecule has 0 aliphatic heterocycles. The zero-order chi connectivity index (χ0) is 12.4. The fraction of sp³-hybridized carbons (Fsp3) is 0. The fourth-order valence-electron chi connectivity index (χ4n) is 1.22. The largest absolute Gasteiger partial charge is 0.477 e. The molecular formula is C10H6BrNO4S. The molecule has 1 amide bonds. The van der Waals surface area contributed by atoms with Crippen LogP contribution >= 0.6 is 27.3 Å². The Morgan fingerprint density at radius 3 is 2.76 bits per heavy atom. The number of hydrogen-bond donors (Lipinski definition) is 2. The second-order valence-electron chi connectivity index (χ2n) is 3.03. The summed E-state index contributed by atoms with van der Waals surface area (Å²) in [5, 5.41) is 13.0. The van der Waals surface area contributed by atoms with Gasteiger partial charge < -0.3 is 14.8 Å². The van der Waals surface area contributed by atoms with E-state index in [0.717, 1.165) is 11.3 Å². The van der Waals surface area contributed by atoms with E-state index in [0.29, 0.717) is 10.2 Å². The van der Waals surface area contributed by atoms with Crippen molar-refractivity contribution in [2.45, 2.75) is 0 Å². The zero-order valence-corrected chi connectivity index (χ0v) is 10.7. The van der Waals surface area contributed by atoms with Crippen LogP contribution in [0.2, 0.25) is 0 Å². The highest BCUT2D eigenvalue weighted by Gasteiger charge is 2.17. The molecule has 88 valence electrons. The molecule has 0 saturated heterocycles. The van der Waals surface area contributed by atoms with Crippen molar-refractivity contribution in [3.05, 3.63) is 38.9 Å². The molecule has 2 aromatic heterocycles. The van der Waals surface area contributed by atoms with Crippen LogP contribution in [-0.4, -0.2) is 17.0 Å². The van der Waals surface area contributed by atoms with Crippen molar-refractivity contribution < 1.29 is 19.1 Å². The molecule has 0 aromatic carbocycles. The van der Waals surface area contributed by atoms with Crippen molar-refractivity contribution in [3.8, 4) is 0 Å². The van der Waals surface area contributed by atoms with Gasteiger partial charge in [0, 0.05) is 0 Å². The number of hydrogen-bond acceptors (Lipinski definition) is 4. The second-order valence-corrected chi connectivity index (χ2v) is 4.67. The van der Waals surface area contributed by atoms with Gasteiger partial charge in [0.1, 0.15) is 4.88 Å². The maximum absolute atomic E-state index is 11.8. The Balaban J connectivity index is 2.22. The molecule has 17 heavy (non-hydrogen) atoms. The van der Waals surface area contributed by atoms with E-state index in [9.17, 15) is 9.59 Å². The van der Waals surface area contributed by atoms with Gasteiger partial charge in [-0.1, -0.05) is 0 Å². The summed E-state index contributed by atoms with van der Waals surface area (Å²) in [4.78, 5) is 22.7. The summed E-state index contributed by atoms with van der Waals surface area (Å²) in [6, 6.07) is 3.03. The van der Waals surface area contributed by atoms with Gasteiger partial charge in [-0.15, -0.1) is 11.3 Å². The molecule has 0 aliphatic rings. The van der Waals surface area contributed by atoms with Crippen LogP contribution in [0.5, 0.6) is 0 Å². The van der Waals surface area contributed by atoms with Gasteiger partial charge in [0.2, 0.25) is 0 Å². The Morgan fingerprint density at radius 1 is 1.41 bits per heavy atom. The number of carboxylic acid groups (broad SMARTS) is 1. The lowest BCUT2D eigenvalue weighted by atomic mass is 10.3. The maximum atomic E-state index is 11.8. The van der Waals surface area contributed by atoms with Crippen molar-refractivity contribution in [1.82, 2.24) is 0 Å². The molecule has 0 aliphatic carbocycles. The molecule has 0 radical (unpaired) electrons. The predicted octanol–water partition coefficient (Wildman–Crippen LogP) is 3.05. The number of carboxylic acids is 1. The topological polar surface area (TPSA) is 79.5 Å². The number of thiophene rings is 1. The summed E-state index contributed by atoms with van der Waals surface area (Å²) >= 11 is 4.13. The van der Waals surface area contributed by atoms with Gasteiger partial charge in [0.05, 0.1) is 17.5 Å². The zero-order valence-electron chi connectivity index (χ0n) is 8.27. The van der Waals surface area contributed by atoms with E-state index in [2.05, 4.69) is 21.2 Å². The molecule has 2 rings (SSSR count). The monoisotopic (exact) mass is 315 g/mol. The van der Waals surface area contributed by atoms with E-state index in [1.165, 1.54) is 12.3 Å². The SMILES string of the molecule is O=C(Nc1ccsc1C(=O)O)c1ccoc1Br. The Labute approximate surface area is 108 Å². The predicted molar refractivity (Wildman–Crippen MR) is 65.6 cm³/mol. The lowest BCUT2D eigenvalue weighted by Gasteiger charge is -2.02. The molecule has 5 nitrogen and oxygen atoms in total. The summed E-state index contributed by atoms with van der Waals surface area (Å²) in [6.07, 6.45) is 1.37. The van der Waals surface area contributed by atoms with E-state index in [-0.39, 0.29) is 10.6 Å². The van der Waals surface area contributed by atoms with Crippen LogP contribution in [0.3, 0.4) is 0 Å². The number of aromatic carboxylic acids is 1. The molecule has 7 heteroatoms. The van der Waals surface area contributed by atoms with Gasteiger partial charge in [-0.25, -0.2) is 4.79 Å². The maximum Gasteiger partial charge on any atom is 0.348 e. The van der Waals surface area contributed by atoms with Crippen LogP contribution in [0.15, 0.2) is 32.9 Å². The van der Waals surface area contributed by atoms with Crippen LogP contribution in [0.1, 0.15) is 20.0 Å². The molecule has 0 unspecified atom stereocenters. The lowest BCUT2D eigenvalue weighted by molar-refractivity contribution is 0.0703. The molecule has 2 aromatic rings. The molecule has 2 N–H and O–H groups in total. The van der Waals surface area contributed by atoms with Gasteiger partial charge >= 0.3 is 5.97 Å². The van der Waals surface area contributed by atoms with Crippen molar-refractivity contribution in [1.29, 1.82) is 0 Å². The van der Waals surface area contributed by atoms with Crippen molar-refractivity contribution in [2.24, 2.45) is 0 Å². The van der Waals surface area contributed by atoms with E-state index in [1.54, 1.807) is 11.4 Å². The van der Waals surface area contributed by atoms with Crippen molar-refractivity contribution >= 4 is 44.8 Å². The highest BCUT2D eigenvalue weighted by atomic mass is 79.9. The van der Waals surface area contributed by atoms with E-state index >= 15 is 0 Å². The molecular weight excluding hydrogens is 310 g/mol. The second kappa shape index (κ2) is 4.72. The Hall–Kier alpha value is -1.60. The summed E-state index contributed by atoms with van der Waals surface area (Å²) in [5.41, 5.74) is 0.591. The highest BCUT2D eigenvalue weighted by Crippen LogP contribution is 2.24. The van der Waals surface area contributed by atoms with Crippen LogP contribution in [0.25, 0.3) is 0 Å². The third-order valence-corrected chi connectivity index (χ3v) is 3.49. The molecule has 2 heterocycles. The molecule has 0 saturated carbocycles. The summed E-state index contributed by atoms with van der Waals surface area (Å²) in [7, 11) is 0. The average molecular weight is 316 g/mol. The Morgan fingerprint density at radius 2 is 2.18 bits per heavy atom. The third kappa shape index (κ3) is 2.40. The van der Waals surface area contributed by atoms with Gasteiger partial charge in [0.15, 0.2) is 4.67 Å². The smallest absolute Gasteiger partial charge is 0.348 e. The van der Waals surface area contributed by atoms with Crippen LogP contribution < -0.4 is 5.32 Å². The minimum Gasteiger partial charge on any atom is -0.477 e. The van der Waals surface area contributed by atoms with Crippen LogP contribution in [-0.2, 0) is 0 Å². The minimum absolute atomic E-state index is 0.0953. The molecule has 0 bridgehead atoms. The number of carbonyl (C=O) groups is 2. The molecule has 0 spiro atoms.